The van der Waals surface area contributed by atoms with Crippen molar-refractivity contribution in [1.82, 2.24) is 0 Å². The highest BCUT2D eigenvalue weighted by Crippen LogP contribution is 2.40. The van der Waals surface area contributed by atoms with Gasteiger partial charge in [-0.05, 0) is 19.3 Å². The largest absolute Gasteiger partial charge is 0.396 e. The molecule has 0 aromatic rings. The number of hydrogen-bond acceptors (Lipinski definition) is 2. The Hall–Kier alpha value is -0.630. The third kappa shape index (κ3) is 2.91. The molecule has 0 amide bonds. The summed E-state index contributed by atoms with van der Waals surface area (Å²) in [6.07, 6.45) is 11.5. The van der Waals surface area contributed by atoms with Crippen molar-refractivity contribution in [3.05, 3.63) is 12.2 Å². The van der Waals surface area contributed by atoms with Crippen LogP contribution in [0.15, 0.2) is 12.2 Å². The van der Waals surface area contributed by atoms with Gasteiger partial charge < -0.3 is 9.90 Å². The zero-order valence-electron chi connectivity index (χ0n) is 9.61. The molecule has 1 aliphatic carbocycles. The van der Waals surface area contributed by atoms with Crippen LogP contribution in [0.3, 0.4) is 0 Å². The third-order valence-electron chi connectivity index (χ3n) is 3.56. The van der Waals surface area contributed by atoms with E-state index in [1.165, 1.54) is 12.8 Å². The molecule has 0 fully saturated rings. The molecule has 0 aromatic heterocycles. The molecule has 2 unspecified atom stereocenters. The molecule has 1 N–H and O–H groups in total. The molecule has 1 rings (SSSR count). The van der Waals surface area contributed by atoms with Gasteiger partial charge in [0.15, 0.2) is 0 Å². The van der Waals surface area contributed by atoms with E-state index in [9.17, 15) is 9.90 Å². The van der Waals surface area contributed by atoms with Crippen LogP contribution in [0.25, 0.3) is 0 Å². The number of carbonyl (C=O) groups is 1. The zero-order valence-corrected chi connectivity index (χ0v) is 9.61. The quantitative estimate of drug-likeness (QED) is 0.416. The summed E-state index contributed by atoms with van der Waals surface area (Å²) in [7, 11) is 0. The SMILES string of the molecule is CCCCCC1(C=O)CCC=CC1CO. The van der Waals surface area contributed by atoms with Gasteiger partial charge in [-0.3, -0.25) is 0 Å². The van der Waals surface area contributed by atoms with Crippen molar-refractivity contribution in [1.29, 1.82) is 0 Å². The number of allylic oxidation sites excluding steroid dienone is 1. The number of aliphatic hydroxyl groups excluding tert-OH is 1. The van der Waals surface area contributed by atoms with Gasteiger partial charge in [0.2, 0.25) is 0 Å². The highest BCUT2D eigenvalue weighted by atomic mass is 16.3. The number of carbonyl (C=O) groups excluding carboxylic acids is 1. The van der Waals surface area contributed by atoms with Crippen LogP contribution in [0.4, 0.5) is 0 Å². The van der Waals surface area contributed by atoms with Crippen molar-refractivity contribution >= 4 is 6.29 Å². The first-order valence-corrected chi connectivity index (χ1v) is 6.03. The molecule has 0 heterocycles. The molecule has 86 valence electrons. The Labute approximate surface area is 92.4 Å². The van der Waals surface area contributed by atoms with Gasteiger partial charge in [0.05, 0.1) is 6.61 Å². The van der Waals surface area contributed by atoms with Gasteiger partial charge in [-0.15, -0.1) is 0 Å². The summed E-state index contributed by atoms with van der Waals surface area (Å²) in [6.45, 7) is 2.26. The van der Waals surface area contributed by atoms with E-state index < -0.39 is 0 Å². The minimum absolute atomic E-state index is 0.0422. The molecule has 15 heavy (non-hydrogen) atoms. The van der Waals surface area contributed by atoms with Crippen molar-refractivity contribution in [2.75, 3.05) is 6.61 Å². The second-order valence-electron chi connectivity index (χ2n) is 4.56. The lowest BCUT2D eigenvalue weighted by Crippen LogP contribution is -2.35. The van der Waals surface area contributed by atoms with Gasteiger partial charge in [-0.1, -0.05) is 38.3 Å². The Bertz CT molecular complexity index is 223. The van der Waals surface area contributed by atoms with E-state index in [1.54, 1.807) is 0 Å². The second-order valence-corrected chi connectivity index (χ2v) is 4.56. The minimum atomic E-state index is -0.279. The topological polar surface area (TPSA) is 37.3 Å². The van der Waals surface area contributed by atoms with Gasteiger partial charge >= 0.3 is 0 Å². The number of aldehydes is 1. The molecule has 0 saturated carbocycles. The Kier molecular flexibility index (Phi) is 5.03. The average molecular weight is 210 g/mol. The minimum Gasteiger partial charge on any atom is -0.396 e. The lowest BCUT2D eigenvalue weighted by atomic mass is 9.67. The average Bonchev–Trinajstić information content (AvgIpc) is 2.30. The monoisotopic (exact) mass is 210 g/mol. The Morgan fingerprint density at radius 3 is 2.93 bits per heavy atom. The van der Waals surface area contributed by atoms with Crippen molar-refractivity contribution in [3.63, 3.8) is 0 Å². The molecule has 2 nitrogen and oxygen atoms in total. The fourth-order valence-corrected chi connectivity index (χ4v) is 2.45. The molecule has 0 aromatic carbocycles. The van der Waals surface area contributed by atoms with E-state index >= 15 is 0 Å². The van der Waals surface area contributed by atoms with Gasteiger partial charge in [0, 0.05) is 11.3 Å². The number of unbranched alkanes of at least 4 members (excludes halogenated alkanes) is 2. The van der Waals surface area contributed by atoms with Gasteiger partial charge in [-0.2, -0.15) is 0 Å². The molecule has 0 radical (unpaired) electrons. The lowest BCUT2D eigenvalue weighted by molar-refractivity contribution is -0.120. The van der Waals surface area contributed by atoms with Crippen molar-refractivity contribution in [3.8, 4) is 0 Å². The number of hydrogen-bond donors (Lipinski definition) is 1. The van der Waals surface area contributed by atoms with Crippen LogP contribution in [-0.4, -0.2) is 18.0 Å². The van der Waals surface area contributed by atoms with Crippen LogP contribution in [0.2, 0.25) is 0 Å². The first kappa shape index (κ1) is 12.4. The maximum atomic E-state index is 11.3. The predicted molar refractivity (Wildman–Crippen MR) is 61.6 cm³/mol. The van der Waals surface area contributed by atoms with Crippen LogP contribution < -0.4 is 0 Å². The van der Waals surface area contributed by atoms with Gasteiger partial charge in [0.25, 0.3) is 0 Å². The van der Waals surface area contributed by atoms with Crippen LogP contribution >= 0.6 is 0 Å². The van der Waals surface area contributed by atoms with Gasteiger partial charge in [-0.25, -0.2) is 0 Å². The van der Waals surface area contributed by atoms with Crippen LogP contribution in [-0.2, 0) is 4.79 Å². The molecule has 1 aliphatic rings. The Morgan fingerprint density at radius 1 is 1.53 bits per heavy atom. The smallest absolute Gasteiger partial charge is 0.126 e. The van der Waals surface area contributed by atoms with E-state index in [0.717, 1.165) is 32.0 Å². The van der Waals surface area contributed by atoms with E-state index in [0.29, 0.717) is 0 Å². The number of rotatable bonds is 6. The molecular formula is C13H22O2. The summed E-state index contributed by atoms with van der Waals surface area (Å²) in [6, 6.07) is 0. The summed E-state index contributed by atoms with van der Waals surface area (Å²) in [5, 5.41) is 9.30. The first-order chi connectivity index (χ1) is 7.29. The van der Waals surface area contributed by atoms with Crippen molar-refractivity contribution in [2.45, 2.75) is 45.4 Å². The standard InChI is InChI=1S/C13H22O2/c1-2-3-5-8-13(11-15)9-6-4-7-12(13)10-14/h4,7,11-12,14H,2-3,5-6,8-10H2,1H3. The van der Waals surface area contributed by atoms with Crippen molar-refractivity contribution < 1.29 is 9.90 Å². The molecule has 2 heteroatoms. The van der Waals surface area contributed by atoms with E-state index in [4.69, 9.17) is 0 Å². The fraction of sp³-hybridized carbons (Fsp3) is 0.769. The highest BCUT2D eigenvalue weighted by Gasteiger charge is 2.37. The third-order valence-corrected chi connectivity index (χ3v) is 3.56. The maximum Gasteiger partial charge on any atom is 0.126 e. The Morgan fingerprint density at radius 2 is 2.33 bits per heavy atom. The van der Waals surface area contributed by atoms with Crippen LogP contribution in [0.5, 0.6) is 0 Å². The molecule has 0 aliphatic heterocycles. The number of aliphatic hydroxyl groups is 1. The predicted octanol–water partition coefficient (Wildman–Crippen LogP) is 2.71. The van der Waals surface area contributed by atoms with Crippen LogP contribution in [0, 0.1) is 11.3 Å². The summed E-state index contributed by atoms with van der Waals surface area (Å²) in [5.74, 6) is 0.0422. The molecular weight excluding hydrogens is 188 g/mol. The highest BCUT2D eigenvalue weighted by molar-refractivity contribution is 5.61. The van der Waals surface area contributed by atoms with E-state index in [2.05, 4.69) is 13.0 Å². The molecule has 0 spiro atoms. The molecule has 2 atom stereocenters. The van der Waals surface area contributed by atoms with Crippen molar-refractivity contribution in [2.24, 2.45) is 11.3 Å². The summed E-state index contributed by atoms with van der Waals surface area (Å²) < 4.78 is 0. The fourth-order valence-electron chi connectivity index (χ4n) is 2.45. The lowest BCUT2D eigenvalue weighted by Gasteiger charge is -2.36. The summed E-state index contributed by atoms with van der Waals surface area (Å²) in [4.78, 5) is 11.3. The maximum absolute atomic E-state index is 11.3. The zero-order chi connectivity index (χ0) is 11.1. The molecule has 0 bridgehead atoms. The second kappa shape index (κ2) is 6.06. The normalized spacial score (nSPS) is 30.4. The van der Waals surface area contributed by atoms with Crippen LogP contribution in [0.1, 0.15) is 45.4 Å². The van der Waals surface area contributed by atoms with E-state index in [1.807, 2.05) is 6.08 Å². The first-order valence-electron chi connectivity index (χ1n) is 6.03. The van der Waals surface area contributed by atoms with E-state index in [-0.39, 0.29) is 17.9 Å². The summed E-state index contributed by atoms with van der Waals surface area (Å²) >= 11 is 0. The molecule has 0 saturated heterocycles. The van der Waals surface area contributed by atoms with Gasteiger partial charge in [0.1, 0.15) is 6.29 Å². The Balaban J connectivity index is 2.63. The summed E-state index contributed by atoms with van der Waals surface area (Å²) in [5.41, 5.74) is -0.279.